The summed E-state index contributed by atoms with van der Waals surface area (Å²) in [5, 5.41) is 5.82. The highest BCUT2D eigenvalue weighted by Crippen LogP contribution is 2.21. The Kier molecular flexibility index (Phi) is 6.61. The summed E-state index contributed by atoms with van der Waals surface area (Å²) in [5.74, 6) is -0.531. The predicted molar refractivity (Wildman–Crippen MR) is 115 cm³/mol. The number of anilines is 1. The van der Waals surface area contributed by atoms with E-state index in [1.54, 1.807) is 24.3 Å². The van der Waals surface area contributed by atoms with Gasteiger partial charge in [0.15, 0.2) is 0 Å². The third-order valence-corrected chi connectivity index (χ3v) is 4.89. The molecule has 1 unspecified atom stereocenters. The van der Waals surface area contributed by atoms with Gasteiger partial charge in [-0.2, -0.15) is 0 Å². The number of benzene rings is 3. The molecule has 4 nitrogen and oxygen atoms in total. The van der Waals surface area contributed by atoms with Crippen molar-refractivity contribution in [2.45, 2.75) is 19.4 Å². The highest BCUT2D eigenvalue weighted by Gasteiger charge is 2.22. The lowest BCUT2D eigenvalue weighted by Gasteiger charge is -2.19. The first-order chi connectivity index (χ1) is 13.5. The number of hydrogen-bond acceptors (Lipinski definition) is 2. The summed E-state index contributed by atoms with van der Waals surface area (Å²) in [5.41, 5.74) is 3.16. The van der Waals surface area contributed by atoms with Crippen LogP contribution in [0.15, 0.2) is 83.3 Å². The van der Waals surface area contributed by atoms with E-state index in [1.165, 1.54) is 0 Å². The average Bonchev–Trinajstić information content (AvgIpc) is 2.71. The van der Waals surface area contributed by atoms with Gasteiger partial charge >= 0.3 is 0 Å². The molecular weight excluding hydrogens is 416 g/mol. The molecule has 1 atom stereocenters. The molecule has 5 heteroatoms. The van der Waals surface area contributed by atoms with Crippen molar-refractivity contribution in [2.24, 2.45) is 0 Å². The van der Waals surface area contributed by atoms with Crippen LogP contribution in [0, 0.1) is 6.92 Å². The van der Waals surface area contributed by atoms with Crippen molar-refractivity contribution < 1.29 is 9.59 Å². The zero-order chi connectivity index (χ0) is 19.9. The summed E-state index contributed by atoms with van der Waals surface area (Å²) >= 11 is 3.43. The third kappa shape index (κ3) is 5.30. The quantitative estimate of drug-likeness (QED) is 0.586. The van der Waals surface area contributed by atoms with Crippen molar-refractivity contribution in [3.05, 3.63) is 100 Å². The zero-order valence-electron chi connectivity index (χ0n) is 15.5. The number of carbonyl (C=O) groups excluding carboxylic acids is 2. The maximum atomic E-state index is 13.0. The smallest absolute Gasteiger partial charge is 0.251 e. The minimum Gasteiger partial charge on any atom is -0.340 e. The van der Waals surface area contributed by atoms with Crippen molar-refractivity contribution >= 4 is 33.4 Å². The second-order valence-electron chi connectivity index (χ2n) is 6.53. The van der Waals surface area contributed by atoms with Gasteiger partial charge in [0.2, 0.25) is 5.91 Å². The van der Waals surface area contributed by atoms with Gasteiger partial charge in [-0.3, -0.25) is 9.59 Å². The number of hydrogen-bond donors (Lipinski definition) is 2. The summed E-state index contributed by atoms with van der Waals surface area (Å²) in [6.45, 7) is 1.93. The molecule has 0 aromatic heterocycles. The monoisotopic (exact) mass is 436 g/mol. The largest absolute Gasteiger partial charge is 0.340 e. The lowest BCUT2D eigenvalue weighted by molar-refractivity contribution is -0.118. The first-order valence-corrected chi connectivity index (χ1v) is 9.79. The van der Waals surface area contributed by atoms with Crippen molar-refractivity contribution in [3.63, 3.8) is 0 Å². The first kappa shape index (κ1) is 19.8. The molecule has 0 aliphatic heterocycles. The second-order valence-corrected chi connectivity index (χ2v) is 7.45. The third-order valence-electron chi connectivity index (χ3n) is 4.40. The fourth-order valence-electron chi connectivity index (χ4n) is 2.84. The molecule has 3 rings (SSSR count). The van der Waals surface area contributed by atoms with E-state index in [0.717, 1.165) is 15.6 Å². The Bertz CT molecular complexity index is 959. The molecule has 28 heavy (non-hydrogen) atoms. The van der Waals surface area contributed by atoms with Crippen LogP contribution in [-0.2, 0) is 11.2 Å². The molecule has 0 spiro atoms. The van der Waals surface area contributed by atoms with Crippen molar-refractivity contribution in [1.82, 2.24) is 5.32 Å². The minimum atomic E-state index is -0.700. The van der Waals surface area contributed by atoms with Crippen LogP contribution in [0.1, 0.15) is 21.5 Å². The van der Waals surface area contributed by atoms with Gasteiger partial charge in [0.05, 0.1) is 0 Å². The summed E-state index contributed by atoms with van der Waals surface area (Å²) in [4.78, 5) is 25.6. The lowest BCUT2D eigenvalue weighted by Crippen LogP contribution is -2.45. The van der Waals surface area contributed by atoms with E-state index in [-0.39, 0.29) is 11.8 Å². The Hall–Kier alpha value is -2.92. The minimum absolute atomic E-state index is 0.255. The van der Waals surface area contributed by atoms with Gasteiger partial charge < -0.3 is 10.6 Å². The van der Waals surface area contributed by atoms with Crippen LogP contribution in [0.2, 0.25) is 0 Å². The molecule has 2 N–H and O–H groups in total. The number of nitrogens with one attached hydrogen (secondary N) is 2. The van der Waals surface area contributed by atoms with Gasteiger partial charge in [-0.15, -0.1) is 0 Å². The molecule has 142 valence electrons. The maximum absolute atomic E-state index is 13.0. The maximum Gasteiger partial charge on any atom is 0.251 e. The molecule has 0 fully saturated rings. The number of rotatable bonds is 6. The highest BCUT2D eigenvalue weighted by atomic mass is 79.9. The molecule has 0 aliphatic carbocycles. The van der Waals surface area contributed by atoms with E-state index in [1.807, 2.05) is 61.5 Å². The van der Waals surface area contributed by atoms with Crippen LogP contribution in [0.25, 0.3) is 0 Å². The van der Waals surface area contributed by atoms with Crippen LogP contribution >= 0.6 is 15.9 Å². The second kappa shape index (κ2) is 9.33. The van der Waals surface area contributed by atoms with Gasteiger partial charge in [0.25, 0.3) is 5.91 Å². The van der Waals surface area contributed by atoms with E-state index in [9.17, 15) is 9.59 Å². The molecule has 2 amide bonds. The van der Waals surface area contributed by atoms with Crippen LogP contribution in [0.4, 0.5) is 5.69 Å². The molecular formula is C23H21BrN2O2. The number of amides is 2. The summed E-state index contributed by atoms with van der Waals surface area (Å²) < 4.78 is 0.876. The molecule has 3 aromatic carbocycles. The van der Waals surface area contributed by atoms with Crippen LogP contribution in [0.5, 0.6) is 0 Å². The van der Waals surface area contributed by atoms with Crippen LogP contribution in [-0.4, -0.2) is 17.9 Å². The predicted octanol–water partition coefficient (Wildman–Crippen LogP) is 4.74. The molecule has 0 saturated carbocycles. The highest BCUT2D eigenvalue weighted by molar-refractivity contribution is 9.10. The Balaban J connectivity index is 1.81. The first-order valence-electron chi connectivity index (χ1n) is 9.00. The summed E-state index contributed by atoms with van der Waals surface area (Å²) in [6.07, 6.45) is 0.401. The average molecular weight is 437 g/mol. The Morgan fingerprint density at radius 1 is 0.929 bits per heavy atom. The summed E-state index contributed by atoms with van der Waals surface area (Å²) in [7, 11) is 0. The zero-order valence-corrected chi connectivity index (χ0v) is 17.1. The number of halogens is 1. The van der Waals surface area contributed by atoms with Gasteiger partial charge in [-0.25, -0.2) is 0 Å². The van der Waals surface area contributed by atoms with Crippen LogP contribution in [0.3, 0.4) is 0 Å². The molecule has 0 radical (unpaired) electrons. The van der Waals surface area contributed by atoms with Gasteiger partial charge in [0, 0.05) is 22.1 Å². The van der Waals surface area contributed by atoms with Crippen LogP contribution < -0.4 is 10.6 Å². The van der Waals surface area contributed by atoms with Gasteiger partial charge in [-0.05, 0) is 42.3 Å². The van der Waals surface area contributed by atoms with Crippen molar-refractivity contribution in [1.29, 1.82) is 0 Å². The molecule has 0 aliphatic rings. The fourth-order valence-corrected chi connectivity index (χ4v) is 3.20. The standard InChI is InChI=1S/C23H21BrN2O2/c1-16-12-13-19(24)15-20(16)25-23(28)21(14-17-8-4-2-5-9-17)26-22(27)18-10-6-3-7-11-18/h2-13,15,21H,14H2,1H3,(H,25,28)(H,26,27). The molecule has 3 aromatic rings. The van der Waals surface area contributed by atoms with Crippen molar-refractivity contribution in [2.75, 3.05) is 5.32 Å². The Labute approximate surface area is 173 Å². The normalized spacial score (nSPS) is 11.5. The van der Waals surface area contributed by atoms with E-state index in [4.69, 9.17) is 0 Å². The van der Waals surface area contributed by atoms with E-state index >= 15 is 0 Å². The van der Waals surface area contributed by atoms with E-state index < -0.39 is 6.04 Å². The number of aryl methyl sites for hydroxylation is 1. The lowest BCUT2D eigenvalue weighted by atomic mass is 10.0. The SMILES string of the molecule is Cc1ccc(Br)cc1NC(=O)C(Cc1ccccc1)NC(=O)c1ccccc1. The fraction of sp³-hybridized carbons (Fsp3) is 0.130. The van der Waals surface area contributed by atoms with Crippen molar-refractivity contribution in [3.8, 4) is 0 Å². The Morgan fingerprint density at radius 3 is 2.25 bits per heavy atom. The topological polar surface area (TPSA) is 58.2 Å². The number of carbonyl (C=O) groups is 2. The van der Waals surface area contributed by atoms with Gasteiger partial charge in [-0.1, -0.05) is 70.5 Å². The van der Waals surface area contributed by atoms with E-state index in [2.05, 4.69) is 26.6 Å². The van der Waals surface area contributed by atoms with E-state index in [0.29, 0.717) is 17.7 Å². The van der Waals surface area contributed by atoms with Gasteiger partial charge in [0.1, 0.15) is 6.04 Å². The summed E-state index contributed by atoms with van der Waals surface area (Å²) in [6, 6.07) is 23.5. The Morgan fingerprint density at radius 2 is 1.57 bits per heavy atom. The molecule has 0 saturated heterocycles. The molecule has 0 bridgehead atoms. The molecule has 0 heterocycles.